The zero-order valence-corrected chi connectivity index (χ0v) is 5.85. The van der Waals surface area contributed by atoms with Gasteiger partial charge >= 0.3 is 0 Å². The summed E-state index contributed by atoms with van der Waals surface area (Å²) in [5, 5.41) is 0. The first-order valence-electron chi connectivity index (χ1n) is 3.33. The molecule has 0 saturated carbocycles. The highest BCUT2D eigenvalue weighted by Gasteiger charge is 1.84. The van der Waals surface area contributed by atoms with Gasteiger partial charge in [0.2, 0.25) is 0 Å². The normalized spacial score (nSPS) is 9.75. The zero-order valence-electron chi connectivity index (χ0n) is 5.85. The molecule has 0 aromatic rings. The topological polar surface area (TPSA) is 0 Å². The average Bonchev–Trinajstić information content (AvgIpc) is 1.81. The molecule has 0 heterocycles. The van der Waals surface area contributed by atoms with Crippen LogP contribution in [0.25, 0.3) is 0 Å². The van der Waals surface area contributed by atoms with Crippen LogP contribution in [0.1, 0.15) is 33.1 Å². The minimum atomic E-state index is 1.15. The van der Waals surface area contributed by atoms with E-state index in [-0.39, 0.29) is 0 Å². The summed E-state index contributed by atoms with van der Waals surface area (Å²) in [4.78, 5) is 0. The van der Waals surface area contributed by atoms with Crippen LogP contribution in [0.3, 0.4) is 0 Å². The zero-order chi connectivity index (χ0) is 6.24. The monoisotopic (exact) mass is 111 g/mol. The van der Waals surface area contributed by atoms with Gasteiger partial charge in [0.25, 0.3) is 0 Å². The summed E-state index contributed by atoms with van der Waals surface area (Å²) in [6.07, 6.45) is 10.2. The predicted octanol–water partition coefficient (Wildman–Crippen LogP) is 2.81. The van der Waals surface area contributed by atoms with Gasteiger partial charge in [0.05, 0.1) is 0 Å². The summed E-state index contributed by atoms with van der Waals surface area (Å²) in [6.45, 7) is 4.26. The fourth-order valence-electron chi connectivity index (χ4n) is 0.547. The van der Waals surface area contributed by atoms with Gasteiger partial charge in [0.1, 0.15) is 0 Å². The van der Waals surface area contributed by atoms with Crippen LogP contribution in [-0.4, -0.2) is 0 Å². The molecule has 47 valence electrons. The molecule has 0 heteroatoms. The molecular formula is C8H15. The maximum Gasteiger partial charge on any atom is -0.0380 e. The van der Waals surface area contributed by atoms with Crippen LogP contribution in [0.4, 0.5) is 0 Å². The van der Waals surface area contributed by atoms with Gasteiger partial charge in [-0.3, -0.25) is 0 Å². The summed E-state index contributed by atoms with van der Waals surface area (Å²) < 4.78 is 0. The number of unbranched alkanes of at least 4 members (excludes halogenated alkanes) is 5. The highest BCUT2D eigenvalue weighted by atomic mass is 13.9. The highest BCUT2D eigenvalue weighted by molar-refractivity contribution is 4.78. The van der Waals surface area contributed by atoms with Gasteiger partial charge in [-0.25, -0.2) is 0 Å². The van der Waals surface area contributed by atoms with Gasteiger partial charge in [-0.15, -0.1) is 0 Å². The van der Waals surface area contributed by atoms with Crippen LogP contribution < -0.4 is 0 Å². The Morgan fingerprint density at radius 3 is 2.38 bits per heavy atom. The third-order valence-corrected chi connectivity index (χ3v) is 1.02. The molecule has 0 fully saturated rings. The Morgan fingerprint density at radius 1 is 1.12 bits per heavy atom. The lowest BCUT2D eigenvalue weighted by Gasteiger charge is -1.92. The van der Waals surface area contributed by atoms with Crippen LogP contribution >= 0.6 is 0 Å². The fraction of sp³-hybridized carbons (Fsp3) is 0.625. The molecule has 0 bridgehead atoms. The quantitative estimate of drug-likeness (QED) is 0.478. The first-order valence-corrected chi connectivity index (χ1v) is 3.33. The van der Waals surface area contributed by atoms with E-state index in [9.17, 15) is 0 Å². The van der Waals surface area contributed by atoms with Gasteiger partial charge in [0.15, 0.2) is 0 Å². The van der Waals surface area contributed by atoms with Crippen molar-refractivity contribution >= 4 is 0 Å². The maximum absolute atomic E-state index is 2.28. The number of rotatable bonds is 5. The number of hydrogen-bond donors (Lipinski definition) is 0. The molecule has 0 aliphatic heterocycles. The first-order chi connectivity index (χ1) is 3.91. The lowest BCUT2D eigenvalue weighted by Crippen LogP contribution is -1.76. The molecular weight excluding hydrogens is 96.1 g/mol. The molecule has 0 aromatic heterocycles. The number of hydrogen-bond acceptors (Lipinski definition) is 0. The molecule has 0 spiro atoms. The Kier molecular flexibility index (Phi) is 7.00. The van der Waals surface area contributed by atoms with Crippen molar-refractivity contribution in [1.82, 2.24) is 0 Å². The fourth-order valence-corrected chi connectivity index (χ4v) is 0.547. The molecule has 0 atom stereocenters. The second-order valence-electron chi connectivity index (χ2n) is 1.87. The third kappa shape index (κ3) is 6.00. The lowest BCUT2D eigenvalue weighted by atomic mass is 10.1. The summed E-state index contributed by atoms with van der Waals surface area (Å²) in [5.41, 5.74) is 0. The smallest absolute Gasteiger partial charge is 0.0380 e. The van der Waals surface area contributed by atoms with Crippen molar-refractivity contribution in [2.75, 3.05) is 0 Å². The summed E-state index contributed by atoms with van der Waals surface area (Å²) in [5.74, 6) is 0. The standard InChI is InChI=1S/C8H15/c1-3-5-7-8-6-4-2/h3,6-7H,4-5,8H2,1-2H3. The van der Waals surface area contributed by atoms with Crippen molar-refractivity contribution in [3.8, 4) is 0 Å². The second-order valence-corrected chi connectivity index (χ2v) is 1.87. The van der Waals surface area contributed by atoms with E-state index in [1.165, 1.54) is 12.8 Å². The van der Waals surface area contributed by atoms with E-state index in [0.717, 1.165) is 6.42 Å². The van der Waals surface area contributed by atoms with E-state index >= 15 is 0 Å². The lowest BCUT2D eigenvalue weighted by molar-refractivity contribution is 0.930. The Bertz CT molecular complexity index is 25.0. The molecule has 0 N–H and O–H groups in total. The Labute approximate surface area is 53.3 Å². The largest absolute Gasteiger partial charge is 0.0651 e. The van der Waals surface area contributed by atoms with Crippen molar-refractivity contribution < 1.29 is 0 Å². The predicted molar refractivity (Wildman–Crippen MR) is 38.1 cm³/mol. The van der Waals surface area contributed by atoms with Crippen molar-refractivity contribution in [3.05, 3.63) is 19.3 Å². The maximum atomic E-state index is 2.28. The van der Waals surface area contributed by atoms with Gasteiger partial charge in [-0.05, 0) is 32.1 Å². The Morgan fingerprint density at radius 2 is 1.88 bits per heavy atom. The summed E-state index contributed by atoms with van der Waals surface area (Å²) >= 11 is 0. The van der Waals surface area contributed by atoms with Gasteiger partial charge in [-0.1, -0.05) is 20.3 Å². The van der Waals surface area contributed by atoms with Crippen LogP contribution in [0.5, 0.6) is 0 Å². The van der Waals surface area contributed by atoms with E-state index in [0.29, 0.717) is 0 Å². The SMILES string of the molecule is C[CH]C[CH]C[CH]CC. The molecule has 3 radical (unpaired) electrons. The van der Waals surface area contributed by atoms with Gasteiger partial charge < -0.3 is 0 Å². The van der Waals surface area contributed by atoms with Crippen molar-refractivity contribution in [1.29, 1.82) is 0 Å². The van der Waals surface area contributed by atoms with Crippen molar-refractivity contribution in [2.24, 2.45) is 0 Å². The van der Waals surface area contributed by atoms with Gasteiger partial charge in [-0.2, -0.15) is 0 Å². The molecule has 0 amide bonds. The van der Waals surface area contributed by atoms with E-state index in [1.54, 1.807) is 0 Å². The highest BCUT2D eigenvalue weighted by Crippen LogP contribution is 2.00. The van der Waals surface area contributed by atoms with E-state index in [4.69, 9.17) is 0 Å². The van der Waals surface area contributed by atoms with Crippen LogP contribution in [0.15, 0.2) is 0 Å². The molecule has 0 nitrogen and oxygen atoms in total. The second kappa shape index (κ2) is 7.00. The van der Waals surface area contributed by atoms with E-state index < -0.39 is 0 Å². The molecule has 8 heavy (non-hydrogen) atoms. The minimum absolute atomic E-state index is 1.15. The van der Waals surface area contributed by atoms with Crippen LogP contribution in [0.2, 0.25) is 0 Å². The summed E-state index contributed by atoms with van der Waals surface area (Å²) in [7, 11) is 0. The van der Waals surface area contributed by atoms with Crippen LogP contribution in [-0.2, 0) is 0 Å². The average molecular weight is 111 g/mol. The molecule has 0 aliphatic carbocycles. The summed E-state index contributed by atoms with van der Waals surface area (Å²) in [6, 6.07) is 0. The van der Waals surface area contributed by atoms with Crippen LogP contribution in [0, 0.1) is 19.3 Å². The Hall–Kier alpha value is 0. The van der Waals surface area contributed by atoms with E-state index in [2.05, 4.69) is 33.1 Å². The van der Waals surface area contributed by atoms with Crippen molar-refractivity contribution in [2.45, 2.75) is 33.1 Å². The molecule has 0 aromatic carbocycles. The minimum Gasteiger partial charge on any atom is -0.0651 e. The molecule has 0 rings (SSSR count). The Balaban J connectivity index is 2.53. The molecule has 0 aliphatic rings. The molecule has 0 saturated heterocycles. The first kappa shape index (κ1) is 8.00. The molecule has 0 unspecified atom stereocenters. The van der Waals surface area contributed by atoms with Crippen molar-refractivity contribution in [3.63, 3.8) is 0 Å². The third-order valence-electron chi connectivity index (χ3n) is 1.02. The van der Waals surface area contributed by atoms with Gasteiger partial charge in [0, 0.05) is 0 Å². The van der Waals surface area contributed by atoms with E-state index in [1.807, 2.05) is 0 Å².